The summed E-state index contributed by atoms with van der Waals surface area (Å²) in [6.45, 7) is 0.398. The van der Waals surface area contributed by atoms with Crippen LogP contribution >= 0.6 is 0 Å². The van der Waals surface area contributed by atoms with Gasteiger partial charge < -0.3 is 10.3 Å². The Morgan fingerprint density at radius 2 is 1.56 bits per heavy atom. The molecule has 1 heterocycles. The number of hydrogen-bond donors (Lipinski definition) is 2. The highest BCUT2D eigenvalue weighted by Crippen LogP contribution is 2.37. The molecule has 32 heavy (non-hydrogen) atoms. The van der Waals surface area contributed by atoms with E-state index in [1.165, 1.54) is 19.1 Å². The number of benzene rings is 2. The molecule has 0 saturated heterocycles. The van der Waals surface area contributed by atoms with Crippen LogP contribution in [0.4, 0.5) is 26.3 Å². The normalized spacial score (nSPS) is 13.2. The monoisotopic (exact) mass is 459 g/mol. The van der Waals surface area contributed by atoms with Crippen LogP contribution in [0.1, 0.15) is 29.7 Å². The molecule has 6 nitrogen and oxygen atoms in total. The lowest BCUT2D eigenvalue weighted by molar-refractivity contribution is -0.143. The molecule has 0 radical (unpaired) electrons. The number of aromatic amines is 1. The average Bonchev–Trinajstić information content (AvgIpc) is 2.69. The van der Waals surface area contributed by atoms with Gasteiger partial charge in [-0.2, -0.15) is 26.3 Å². The molecule has 0 aliphatic heterocycles. The van der Waals surface area contributed by atoms with Gasteiger partial charge in [0, 0.05) is 0 Å². The largest absolute Gasteiger partial charge is 0.416 e. The first-order chi connectivity index (χ1) is 14.8. The Bertz CT molecular complexity index is 1260. The number of halogens is 6. The van der Waals surface area contributed by atoms with Gasteiger partial charge in [0.25, 0.3) is 5.56 Å². The van der Waals surface area contributed by atoms with E-state index in [-0.39, 0.29) is 17.0 Å². The van der Waals surface area contributed by atoms with Crippen molar-refractivity contribution in [3.63, 3.8) is 0 Å². The van der Waals surface area contributed by atoms with Gasteiger partial charge in [-0.1, -0.05) is 12.1 Å². The summed E-state index contributed by atoms with van der Waals surface area (Å²) >= 11 is 0. The van der Waals surface area contributed by atoms with Crippen LogP contribution < -0.4 is 16.6 Å². The summed E-state index contributed by atoms with van der Waals surface area (Å²) in [4.78, 5) is 39.3. The van der Waals surface area contributed by atoms with E-state index in [2.05, 4.69) is 10.3 Å². The maximum Gasteiger partial charge on any atom is 0.416 e. The molecule has 170 valence electrons. The Labute approximate surface area is 175 Å². The van der Waals surface area contributed by atoms with Crippen LogP contribution in [0.5, 0.6) is 0 Å². The van der Waals surface area contributed by atoms with E-state index in [4.69, 9.17) is 0 Å². The number of hydrogen-bond acceptors (Lipinski definition) is 3. The zero-order valence-corrected chi connectivity index (χ0v) is 16.3. The molecule has 3 rings (SSSR count). The lowest BCUT2D eigenvalue weighted by Crippen LogP contribution is -2.41. The molecule has 1 atom stereocenters. The topological polar surface area (TPSA) is 84.0 Å². The summed E-state index contributed by atoms with van der Waals surface area (Å²) in [5.74, 6) is -0.952. The van der Waals surface area contributed by atoms with Gasteiger partial charge in [0.2, 0.25) is 5.91 Å². The fraction of sp³-hybridized carbons (Fsp3) is 0.250. The van der Waals surface area contributed by atoms with Crippen molar-refractivity contribution in [1.29, 1.82) is 0 Å². The highest BCUT2D eigenvalue weighted by atomic mass is 19.4. The van der Waals surface area contributed by atoms with Crippen LogP contribution in [-0.2, 0) is 23.7 Å². The molecule has 0 bridgehead atoms. The molecule has 0 unspecified atom stereocenters. The maximum atomic E-state index is 13.0. The Kier molecular flexibility index (Phi) is 5.90. The van der Waals surface area contributed by atoms with Gasteiger partial charge in [-0.05, 0) is 42.8 Å². The summed E-state index contributed by atoms with van der Waals surface area (Å²) in [5, 5.41) is 2.34. The Balaban J connectivity index is 1.89. The van der Waals surface area contributed by atoms with Crippen molar-refractivity contribution >= 4 is 16.8 Å². The number of alkyl halides is 6. The SMILES string of the molecule is C[C@H](NC(=O)Cn1c(=O)[nH]c2ccccc2c1=O)c1cc(C(F)(F)F)cc(C(F)(F)F)c1. The van der Waals surface area contributed by atoms with E-state index in [1.54, 1.807) is 12.1 Å². The molecule has 2 aromatic carbocycles. The number of H-pyrrole nitrogens is 1. The fourth-order valence-corrected chi connectivity index (χ4v) is 3.09. The molecule has 0 fully saturated rings. The molecule has 0 saturated carbocycles. The number of nitrogens with zero attached hydrogens (tertiary/aromatic N) is 1. The summed E-state index contributed by atoms with van der Waals surface area (Å²) in [6, 6.07) is 5.72. The molecule has 1 amide bonds. The van der Waals surface area contributed by atoms with Crippen molar-refractivity contribution in [1.82, 2.24) is 14.9 Å². The van der Waals surface area contributed by atoms with Gasteiger partial charge in [0.1, 0.15) is 6.54 Å². The molecule has 12 heteroatoms. The minimum Gasteiger partial charge on any atom is -0.348 e. The first-order valence-corrected chi connectivity index (χ1v) is 9.08. The quantitative estimate of drug-likeness (QED) is 0.585. The number of fused-ring (bicyclic) bond motifs is 1. The second-order valence-corrected chi connectivity index (χ2v) is 7.00. The summed E-state index contributed by atoms with van der Waals surface area (Å²) in [6.07, 6.45) is -10.1. The van der Waals surface area contributed by atoms with Gasteiger partial charge in [0.05, 0.1) is 28.1 Å². The van der Waals surface area contributed by atoms with E-state index in [1.807, 2.05) is 0 Å². The van der Waals surface area contributed by atoms with Crippen LogP contribution in [0.15, 0.2) is 52.1 Å². The smallest absolute Gasteiger partial charge is 0.348 e. The van der Waals surface area contributed by atoms with Crippen molar-refractivity contribution in [3.8, 4) is 0 Å². The Morgan fingerprint density at radius 3 is 2.12 bits per heavy atom. The second kappa shape index (κ2) is 8.17. The predicted molar refractivity (Wildman–Crippen MR) is 102 cm³/mol. The predicted octanol–water partition coefficient (Wildman–Crippen LogP) is 3.60. The molecular formula is C20H15F6N3O3. The Morgan fingerprint density at radius 1 is 1.00 bits per heavy atom. The van der Waals surface area contributed by atoms with Crippen molar-refractivity contribution in [3.05, 3.63) is 80.0 Å². The summed E-state index contributed by atoms with van der Waals surface area (Å²) in [7, 11) is 0. The van der Waals surface area contributed by atoms with Crippen LogP contribution in [0.3, 0.4) is 0 Å². The van der Waals surface area contributed by atoms with Gasteiger partial charge in [0.15, 0.2) is 0 Å². The van der Waals surface area contributed by atoms with Crippen molar-refractivity contribution in [2.45, 2.75) is 31.9 Å². The molecule has 2 N–H and O–H groups in total. The van der Waals surface area contributed by atoms with Gasteiger partial charge >= 0.3 is 18.0 Å². The van der Waals surface area contributed by atoms with Crippen LogP contribution in [0, 0.1) is 0 Å². The number of para-hydroxylation sites is 1. The van der Waals surface area contributed by atoms with E-state index in [9.17, 15) is 40.7 Å². The number of aromatic nitrogens is 2. The van der Waals surface area contributed by atoms with Crippen molar-refractivity contribution < 1.29 is 31.1 Å². The van der Waals surface area contributed by atoms with Crippen molar-refractivity contribution in [2.75, 3.05) is 0 Å². The zero-order chi connectivity index (χ0) is 23.8. The van der Waals surface area contributed by atoms with Gasteiger partial charge in [-0.3, -0.25) is 14.2 Å². The number of rotatable bonds is 4. The minimum atomic E-state index is -5.04. The highest BCUT2D eigenvalue weighted by Gasteiger charge is 2.37. The number of carbonyl (C=O) groups excluding carboxylic acids is 1. The molecule has 3 aromatic rings. The van der Waals surface area contributed by atoms with E-state index >= 15 is 0 Å². The van der Waals surface area contributed by atoms with Crippen LogP contribution in [0.25, 0.3) is 10.9 Å². The number of nitrogens with one attached hydrogen (secondary N) is 2. The summed E-state index contributed by atoms with van der Waals surface area (Å²) in [5.41, 5.74) is -4.91. The van der Waals surface area contributed by atoms with Gasteiger partial charge in [-0.25, -0.2) is 4.79 Å². The molecular weight excluding hydrogens is 444 g/mol. The van der Waals surface area contributed by atoms with E-state index < -0.39 is 58.8 Å². The van der Waals surface area contributed by atoms with Crippen LogP contribution in [-0.4, -0.2) is 15.5 Å². The summed E-state index contributed by atoms with van der Waals surface area (Å²) < 4.78 is 78.8. The van der Waals surface area contributed by atoms with E-state index in [0.29, 0.717) is 16.7 Å². The lowest BCUT2D eigenvalue weighted by Gasteiger charge is -2.19. The zero-order valence-electron chi connectivity index (χ0n) is 16.3. The average molecular weight is 459 g/mol. The fourth-order valence-electron chi connectivity index (χ4n) is 3.09. The first-order valence-electron chi connectivity index (χ1n) is 9.08. The lowest BCUT2D eigenvalue weighted by atomic mass is 10.0. The standard InChI is InChI=1S/C20H15F6N3O3/c1-10(11-6-12(19(21,22)23)8-13(7-11)20(24,25)26)27-16(30)9-29-17(31)14-4-2-3-5-15(14)28-18(29)32/h2-8,10H,9H2,1H3,(H,27,30)(H,28,32)/t10-/m0/s1. The third-order valence-corrected chi connectivity index (χ3v) is 4.68. The van der Waals surface area contributed by atoms with E-state index in [0.717, 1.165) is 0 Å². The molecule has 0 aliphatic rings. The minimum absolute atomic E-state index is 0.0216. The number of carbonyl (C=O) groups is 1. The number of amides is 1. The van der Waals surface area contributed by atoms with Crippen LogP contribution in [0.2, 0.25) is 0 Å². The van der Waals surface area contributed by atoms with Crippen molar-refractivity contribution in [2.24, 2.45) is 0 Å². The third kappa shape index (κ3) is 4.84. The molecule has 0 spiro atoms. The highest BCUT2D eigenvalue weighted by molar-refractivity contribution is 5.79. The molecule has 0 aliphatic carbocycles. The second-order valence-electron chi connectivity index (χ2n) is 7.00. The van der Waals surface area contributed by atoms with Gasteiger partial charge in [-0.15, -0.1) is 0 Å². The molecule has 1 aromatic heterocycles. The third-order valence-electron chi connectivity index (χ3n) is 4.68. The first kappa shape index (κ1) is 23.1. The Hall–Kier alpha value is -3.57. The maximum absolute atomic E-state index is 13.0.